The van der Waals surface area contributed by atoms with Crippen molar-refractivity contribution in [3.63, 3.8) is 0 Å². The number of carbonyl (C=O) groups is 1. The van der Waals surface area contributed by atoms with Crippen LogP contribution in [0.1, 0.15) is 51.2 Å². The highest BCUT2D eigenvalue weighted by atomic mass is 16.4. The molecule has 136 valence electrons. The Morgan fingerprint density at radius 1 is 1.11 bits per heavy atom. The molecule has 3 aromatic rings. The van der Waals surface area contributed by atoms with E-state index in [1.54, 1.807) is 6.07 Å². The molecule has 1 aliphatic carbocycles. The lowest BCUT2D eigenvalue weighted by Gasteiger charge is -2.18. The zero-order valence-corrected chi connectivity index (χ0v) is 15.3. The molecule has 0 bridgehead atoms. The van der Waals surface area contributed by atoms with Crippen molar-refractivity contribution in [2.45, 2.75) is 33.1 Å². The van der Waals surface area contributed by atoms with E-state index in [1.165, 1.54) is 23.3 Å². The molecule has 0 spiro atoms. The van der Waals surface area contributed by atoms with Gasteiger partial charge in [0.15, 0.2) is 5.43 Å². The maximum Gasteiger partial charge on any atom is 0.335 e. The van der Waals surface area contributed by atoms with Crippen LogP contribution in [0.5, 0.6) is 0 Å². The molecule has 0 aliphatic heterocycles. The summed E-state index contributed by atoms with van der Waals surface area (Å²) in [7, 11) is 0. The fourth-order valence-electron chi connectivity index (χ4n) is 3.66. The summed E-state index contributed by atoms with van der Waals surface area (Å²) in [5, 5.41) is 9.52. The fourth-order valence-corrected chi connectivity index (χ4v) is 3.66. The Balaban J connectivity index is 1.92. The highest BCUT2D eigenvalue weighted by molar-refractivity contribution is 5.93. The highest BCUT2D eigenvalue weighted by Crippen LogP contribution is 2.33. The Labute approximate surface area is 156 Å². The molecule has 0 unspecified atom stereocenters. The van der Waals surface area contributed by atoms with Crippen LogP contribution in [0.25, 0.3) is 22.6 Å². The average molecular weight is 360 g/mol. The number of allylic oxidation sites excluding steroid dienone is 1. The van der Waals surface area contributed by atoms with Crippen LogP contribution in [0.2, 0.25) is 0 Å². The Hall–Kier alpha value is -3.14. The number of aryl methyl sites for hydroxylation is 2. The lowest BCUT2D eigenvalue weighted by Crippen LogP contribution is -2.16. The lowest BCUT2D eigenvalue weighted by molar-refractivity contribution is 0.0697. The van der Waals surface area contributed by atoms with Gasteiger partial charge in [-0.25, -0.2) is 4.79 Å². The smallest absolute Gasteiger partial charge is 0.335 e. The molecule has 0 atom stereocenters. The van der Waals surface area contributed by atoms with Crippen LogP contribution in [-0.2, 0) is 6.42 Å². The Kier molecular flexibility index (Phi) is 4.19. The van der Waals surface area contributed by atoms with Gasteiger partial charge in [0.1, 0.15) is 11.3 Å². The summed E-state index contributed by atoms with van der Waals surface area (Å²) in [5.74, 6) is -0.410. The first-order chi connectivity index (χ1) is 12.9. The third-order valence-electron chi connectivity index (χ3n) is 5.16. The minimum Gasteiger partial charge on any atom is -0.478 e. The Morgan fingerprint density at radius 2 is 1.93 bits per heavy atom. The van der Waals surface area contributed by atoms with Crippen LogP contribution in [-0.4, -0.2) is 11.1 Å². The lowest BCUT2D eigenvalue weighted by atomic mass is 9.89. The van der Waals surface area contributed by atoms with Gasteiger partial charge in [0.2, 0.25) is 0 Å². The largest absolute Gasteiger partial charge is 0.478 e. The van der Waals surface area contributed by atoms with Crippen molar-refractivity contribution in [3.05, 3.63) is 80.2 Å². The van der Waals surface area contributed by atoms with E-state index in [0.717, 1.165) is 24.0 Å². The molecule has 4 nitrogen and oxygen atoms in total. The van der Waals surface area contributed by atoms with Gasteiger partial charge in [0.05, 0.1) is 10.9 Å². The van der Waals surface area contributed by atoms with Gasteiger partial charge in [-0.2, -0.15) is 0 Å². The summed E-state index contributed by atoms with van der Waals surface area (Å²) in [6.07, 6.45) is 4.48. The van der Waals surface area contributed by atoms with Gasteiger partial charge in [-0.05, 0) is 74.1 Å². The number of rotatable bonds is 2. The minimum atomic E-state index is -1.05. The summed E-state index contributed by atoms with van der Waals surface area (Å²) >= 11 is 0. The molecule has 1 aromatic heterocycles. The van der Waals surface area contributed by atoms with Gasteiger partial charge in [-0.1, -0.05) is 23.8 Å². The molecule has 4 rings (SSSR count). The summed E-state index contributed by atoms with van der Waals surface area (Å²) in [5.41, 5.74) is 5.55. The average Bonchev–Trinajstić information content (AvgIpc) is 2.65. The molecule has 4 heteroatoms. The maximum atomic E-state index is 13.0. The number of hydrogen-bond donors (Lipinski definition) is 1. The molecule has 1 N–H and O–H groups in total. The van der Waals surface area contributed by atoms with Gasteiger partial charge in [0, 0.05) is 5.56 Å². The highest BCUT2D eigenvalue weighted by Gasteiger charge is 2.22. The molecule has 0 saturated carbocycles. The van der Waals surface area contributed by atoms with E-state index in [2.05, 4.69) is 38.1 Å². The number of aromatic carboxylic acids is 1. The van der Waals surface area contributed by atoms with E-state index in [4.69, 9.17) is 4.42 Å². The third kappa shape index (κ3) is 3.08. The molecule has 27 heavy (non-hydrogen) atoms. The molecule has 0 fully saturated rings. The summed E-state index contributed by atoms with van der Waals surface area (Å²) in [4.78, 5) is 24.2. The predicted octanol–water partition coefficient (Wildman–Crippen LogP) is 4.98. The van der Waals surface area contributed by atoms with Crippen LogP contribution in [0.3, 0.4) is 0 Å². The van der Waals surface area contributed by atoms with Crippen molar-refractivity contribution < 1.29 is 14.3 Å². The van der Waals surface area contributed by atoms with E-state index < -0.39 is 5.97 Å². The second-order valence-electron chi connectivity index (χ2n) is 7.14. The van der Waals surface area contributed by atoms with E-state index in [9.17, 15) is 14.7 Å². The SMILES string of the molecule is Cc1ccc(C)c(/C=C2/CCCc3c2oc2ccc(C(=O)O)cc2c3=O)c1. The molecule has 0 radical (unpaired) electrons. The van der Waals surface area contributed by atoms with Crippen LogP contribution in [0, 0.1) is 13.8 Å². The second kappa shape index (κ2) is 6.54. The summed E-state index contributed by atoms with van der Waals surface area (Å²) in [6.45, 7) is 4.13. The molecule has 1 heterocycles. The number of benzene rings is 2. The Morgan fingerprint density at radius 3 is 2.70 bits per heavy atom. The van der Waals surface area contributed by atoms with Gasteiger partial charge >= 0.3 is 5.97 Å². The molecule has 2 aromatic carbocycles. The Bertz CT molecular complexity index is 1160. The van der Waals surface area contributed by atoms with Crippen molar-refractivity contribution in [1.29, 1.82) is 0 Å². The summed E-state index contributed by atoms with van der Waals surface area (Å²) < 4.78 is 6.09. The topological polar surface area (TPSA) is 67.5 Å². The van der Waals surface area contributed by atoms with Crippen molar-refractivity contribution in [2.75, 3.05) is 0 Å². The zero-order chi connectivity index (χ0) is 19.1. The molecule has 0 saturated heterocycles. The standard InChI is InChI=1S/C23H20O4/c1-13-6-7-14(2)17(10-13)11-15-4-3-5-18-21(24)19-12-16(23(25)26)8-9-20(19)27-22(15)18/h6-12H,3-5H2,1-2H3,(H,25,26)/b15-11-. The van der Waals surface area contributed by atoms with E-state index >= 15 is 0 Å². The molecular weight excluding hydrogens is 340 g/mol. The molecular formula is C23H20O4. The first-order valence-corrected chi connectivity index (χ1v) is 9.05. The van der Waals surface area contributed by atoms with E-state index in [0.29, 0.717) is 28.7 Å². The van der Waals surface area contributed by atoms with Crippen molar-refractivity contribution in [1.82, 2.24) is 0 Å². The number of carboxylic acids is 1. The predicted molar refractivity (Wildman–Crippen MR) is 106 cm³/mol. The minimum absolute atomic E-state index is 0.0942. The number of carboxylic acid groups (broad SMARTS) is 1. The second-order valence-corrected chi connectivity index (χ2v) is 7.14. The quantitative estimate of drug-likeness (QED) is 0.699. The van der Waals surface area contributed by atoms with Crippen LogP contribution in [0.4, 0.5) is 0 Å². The fraction of sp³-hybridized carbons (Fsp3) is 0.217. The van der Waals surface area contributed by atoms with Crippen LogP contribution >= 0.6 is 0 Å². The van der Waals surface area contributed by atoms with Crippen molar-refractivity contribution in [3.8, 4) is 0 Å². The van der Waals surface area contributed by atoms with Crippen molar-refractivity contribution >= 4 is 28.6 Å². The zero-order valence-electron chi connectivity index (χ0n) is 15.3. The van der Waals surface area contributed by atoms with Gasteiger partial charge in [-0.3, -0.25) is 4.79 Å². The van der Waals surface area contributed by atoms with Gasteiger partial charge < -0.3 is 9.52 Å². The number of hydrogen-bond acceptors (Lipinski definition) is 3. The normalized spacial score (nSPS) is 15.1. The van der Waals surface area contributed by atoms with Gasteiger partial charge in [0.25, 0.3) is 0 Å². The third-order valence-corrected chi connectivity index (χ3v) is 5.16. The van der Waals surface area contributed by atoms with Crippen LogP contribution in [0.15, 0.2) is 45.6 Å². The first-order valence-electron chi connectivity index (χ1n) is 9.05. The first kappa shape index (κ1) is 17.3. The maximum absolute atomic E-state index is 13.0. The monoisotopic (exact) mass is 360 g/mol. The summed E-state index contributed by atoms with van der Waals surface area (Å²) in [6, 6.07) is 10.8. The number of fused-ring (bicyclic) bond motifs is 2. The van der Waals surface area contributed by atoms with E-state index in [-0.39, 0.29) is 11.0 Å². The molecule has 1 aliphatic rings. The van der Waals surface area contributed by atoms with Crippen LogP contribution < -0.4 is 5.43 Å². The van der Waals surface area contributed by atoms with E-state index in [1.807, 2.05) is 0 Å². The van der Waals surface area contributed by atoms with Gasteiger partial charge in [-0.15, -0.1) is 0 Å². The molecule has 0 amide bonds. The van der Waals surface area contributed by atoms with Crippen molar-refractivity contribution in [2.24, 2.45) is 0 Å².